The second kappa shape index (κ2) is 5.20. The van der Waals surface area contributed by atoms with Crippen LogP contribution in [0.3, 0.4) is 0 Å². The van der Waals surface area contributed by atoms with Crippen molar-refractivity contribution < 1.29 is 13.7 Å². The first-order chi connectivity index (χ1) is 9.63. The van der Waals surface area contributed by atoms with Gasteiger partial charge >= 0.3 is 6.01 Å². The Morgan fingerprint density at radius 2 is 2.15 bits per heavy atom. The predicted octanol–water partition coefficient (Wildman–Crippen LogP) is 1.46. The Morgan fingerprint density at radius 3 is 2.80 bits per heavy atom. The van der Waals surface area contributed by atoms with E-state index in [0.717, 1.165) is 0 Å². The standard InChI is InChI=1S/C12H17N5O3/c1-7(2)11-13-10(16-20-11)9-6-17(4-5-18-9)12-15-14-8(3)19-12/h7,9H,4-6H2,1-3H3/t9-/m0/s1. The van der Waals surface area contributed by atoms with Crippen LogP contribution in [0.15, 0.2) is 8.94 Å². The molecule has 108 valence electrons. The Balaban J connectivity index is 1.74. The van der Waals surface area contributed by atoms with Crippen LogP contribution in [0.2, 0.25) is 0 Å². The van der Waals surface area contributed by atoms with E-state index in [4.69, 9.17) is 13.7 Å². The highest BCUT2D eigenvalue weighted by Gasteiger charge is 2.29. The van der Waals surface area contributed by atoms with Gasteiger partial charge in [-0.3, -0.25) is 0 Å². The van der Waals surface area contributed by atoms with Gasteiger partial charge in [0.15, 0.2) is 0 Å². The molecule has 0 spiro atoms. The smallest absolute Gasteiger partial charge is 0.318 e. The number of aromatic nitrogens is 4. The van der Waals surface area contributed by atoms with Gasteiger partial charge in [-0.2, -0.15) is 4.98 Å². The van der Waals surface area contributed by atoms with Gasteiger partial charge in [0, 0.05) is 19.4 Å². The second-order valence-electron chi connectivity index (χ2n) is 5.05. The van der Waals surface area contributed by atoms with Gasteiger partial charge < -0.3 is 18.6 Å². The molecule has 8 heteroatoms. The number of ether oxygens (including phenoxy) is 1. The van der Waals surface area contributed by atoms with Crippen molar-refractivity contribution in [3.63, 3.8) is 0 Å². The molecule has 0 radical (unpaired) electrons. The normalized spacial score (nSPS) is 19.8. The molecule has 3 rings (SSSR count). The van der Waals surface area contributed by atoms with Crippen LogP contribution in [0, 0.1) is 6.92 Å². The number of hydrogen-bond donors (Lipinski definition) is 0. The van der Waals surface area contributed by atoms with Crippen LogP contribution in [-0.2, 0) is 4.74 Å². The molecule has 1 atom stereocenters. The Hall–Kier alpha value is -1.96. The third kappa shape index (κ3) is 2.51. The Morgan fingerprint density at radius 1 is 1.30 bits per heavy atom. The molecule has 0 N–H and O–H groups in total. The van der Waals surface area contributed by atoms with E-state index in [1.807, 2.05) is 18.7 Å². The number of rotatable bonds is 3. The minimum absolute atomic E-state index is 0.203. The highest BCUT2D eigenvalue weighted by Crippen LogP contribution is 2.24. The molecule has 20 heavy (non-hydrogen) atoms. The van der Waals surface area contributed by atoms with Crippen LogP contribution in [0.1, 0.15) is 43.5 Å². The average Bonchev–Trinajstić information content (AvgIpc) is 3.07. The Labute approximate surface area is 116 Å². The van der Waals surface area contributed by atoms with Crippen LogP contribution in [0.25, 0.3) is 0 Å². The van der Waals surface area contributed by atoms with Crippen molar-refractivity contribution in [3.05, 3.63) is 17.6 Å². The van der Waals surface area contributed by atoms with Crippen LogP contribution >= 0.6 is 0 Å². The molecular weight excluding hydrogens is 262 g/mol. The van der Waals surface area contributed by atoms with E-state index in [2.05, 4.69) is 20.3 Å². The Bertz CT molecular complexity index is 579. The molecule has 0 amide bonds. The van der Waals surface area contributed by atoms with Gasteiger partial charge in [-0.1, -0.05) is 24.1 Å². The van der Waals surface area contributed by atoms with Gasteiger partial charge in [0.25, 0.3) is 0 Å². The molecule has 1 saturated heterocycles. The van der Waals surface area contributed by atoms with Crippen molar-refractivity contribution >= 4 is 6.01 Å². The molecule has 0 bridgehead atoms. The minimum atomic E-state index is -0.243. The molecule has 0 unspecified atom stereocenters. The first-order valence-electron chi connectivity index (χ1n) is 6.63. The third-order valence-electron chi connectivity index (χ3n) is 3.09. The first kappa shape index (κ1) is 13.0. The van der Waals surface area contributed by atoms with E-state index in [1.165, 1.54) is 0 Å². The highest BCUT2D eigenvalue weighted by atomic mass is 16.5. The average molecular weight is 279 g/mol. The van der Waals surface area contributed by atoms with E-state index < -0.39 is 0 Å². The SMILES string of the molecule is Cc1nnc(N2CCO[C@H](c3noc(C(C)C)n3)C2)o1. The first-order valence-corrected chi connectivity index (χ1v) is 6.63. The summed E-state index contributed by atoms with van der Waals surface area (Å²) < 4.78 is 16.3. The third-order valence-corrected chi connectivity index (χ3v) is 3.09. The van der Waals surface area contributed by atoms with Crippen molar-refractivity contribution in [2.75, 3.05) is 24.6 Å². The molecule has 1 fully saturated rings. The van der Waals surface area contributed by atoms with Gasteiger partial charge in [-0.15, -0.1) is 5.10 Å². The summed E-state index contributed by atoms with van der Waals surface area (Å²) in [6, 6.07) is 0.503. The summed E-state index contributed by atoms with van der Waals surface area (Å²) in [5.74, 6) is 1.93. The van der Waals surface area contributed by atoms with Crippen molar-refractivity contribution in [2.45, 2.75) is 32.8 Å². The fraction of sp³-hybridized carbons (Fsp3) is 0.667. The summed E-state index contributed by atoms with van der Waals surface area (Å²) in [7, 11) is 0. The number of hydrogen-bond acceptors (Lipinski definition) is 8. The summed E-state index contributed by atoms with van der Waals surface area (Å²) in [6.07, 6.45) is -0.243. The Kier molecular flexibility index (Phi) is 3.39. The molecule has 0 aromatic carbocycles. The predicted molar refractivity (Wildman–Crippen MR) is 68.3 cm³/mol. The van der Waals surface area contributed by atoms with Crippen LogP contribution < -0.4 is 4.90 Å². The molecule has 1 aliphatic heterocycles. The lowest BCUT2D eigenvalue weighted by atomic mass is 10.2. The van der Waals surface area contributed by atoms with Crippen molar-refractivity contribution in [3.8, 4) is 0 Å². The molecule has 0 aliphatic carbocycles. The lowest BCUT2D eigenvalue weighted by Gasteiger charge is -2.29. The summed E-state index contributed by atoms with van der Waals surface area (Å²) in [5, 5.41) is 11.8. The zero-order chi connectivity index (χ0) is 14.1. The fourth-order valence-electron chi connectivity index (χ4n) is 2.01. The fourth-order valence-corrected chi connectivity index (χ4v) is 2.01. The van der Waals surface area contributed by atoms with Gasteiger partial charge in [-0.25, -0.2) is 0 Å². The summed E-state index contributed by atoms with van der Waals surface area (Å²) in [6.45, 7) is 7.60. The second-order valence-corrected chi connectivity index (χ2v) is 5.05. The highest BCUT2D eigenvalue weighted by molar-refractivity contribution is 5.25. The molecule has 8 nitrogen and oxygen atoms in total. The molecule has 2 aromatic heterocycles. The summed E-state index contributed by atoms with van der Waals surface area (Å²) >= 11 is 0. The molecule has 3 heterocycles. The van der Waals surface area contributed by atoms with E-state index in [1.54, 1.807) is 6.92 Å². The summed E-state index contributed by atoms with van der Waals surface area (Å²) in [5.41, 5.74) is 0. The van der Waals surface area contributed by atoms with E-state index in [-0.39, 0.29) is 12.0 Å². The maximum atomic E-state index is 5.70. The van der Waals surface area contributed by atoms with E-state index >= 15 is 0 Å². The molecule has 0 saturated carbocycles. The van der Waals surface area contributed by atoms with Gasteiger partial charge in [0.1, 0.15) is 6.10 Å². The van der Waals surface area contributed by atoms with E-state index in [9.17, 15) is 0 Å². The maximum absolute atomic E-state index is 5.70. The van der Waals surface area contributed by atoms with Gasteiger partial charge in [-0.05, 0) is 0 Å². The lowest BCUT2D eigenvalue weighted by Crippen LogP contribution is -2.39. The largest absolute Gasteiger partial charge is 0.408 e. The van der Waals surface area contributed by atoms with Crippen molar-refractivity contribution in [1.29, 1.82) is 0 Å². The quantitative estimate of drug-likeness (QED) is 0.834. The molecule has 1 aliphatic rings. The monoisotopic (exact) mass is 279 g/mol. The minimum Gasteiger partial charge on any atom is -0.408 e. The van der Waals surface area contributed by atoms with Gasteiger partial charge in [0.2, 0.25) is 17.6 Å². The van der Waals surface area contributed by atoms with Gasteiger partial charge in [0.05, 0.1) is 13.2 Å². The lowest BCUT2D eigenvalue weighted by molar-refractivity contribution is 0.0309. The summed E-state index contributed by atoms with van der Waals surface area (Å²) in [4.78, 5) is 6.34. The van der Waals surface area contributed by atoms with Crippen molar-refractivity contribution in [2.24, 2.45) is 0 Å². The van der Waals surface area contributed by atoms with Crippen LogP contribution in [0.5, 0.6) is 0 Å². The zero-order valence-corrected chi connectivity index (χ0v) is 11.7. The topological polar surface area (TPSA) is 90.3 Å². The zero-order valence-electron chi connectivity index (χ0n) is 11.7. The molecular formula is C12H17N5O3. The van der Waals surface area contributed by atoms with Crippen LogP contribution in [0.4, 0.5) is 6.01 Å². The van der Waals surface area contributed by atoms with Crippen molar-refractivity contribution in [1.82, 2.24) is 20.3 Å². The number of anilines is 1. The number of aryl methyl sites for hydroxylation is 1. The van der Waals surface area contributed by atoms with Crippen LogP contribution in [-0.4, -0.2) is 40.0 Å². The van der Waals surface area contributed by atoms with E-state index in [0.29, 0.717) is 43.3 Å². The molecule has 2 aromatic rings. The number of morpholine rings is 1. The maximum Gasteiger partial charge on any atom is 0.318 e. The number of nitrogens with zero attached hydrogens (tertiary/aromatic N) is 5.